The molecular formula is C19H24N4OS. The molecule has 0 saturated heterocycles. The van der Waals surface area contributed by atoms with Gasteiger partial charge in [-0.05, 0) is 57.9 Å². The van der Waals surface area contributed by atoms with Crippen molar-refractivity contribution in [3.05, 3.63) is 42.6 Å². The predicted octanol–water partition coefficient (Wildman–Crippen LogP) is 3.84. The molecule has 6 heteroatoms. The first-order chi connectivity index (χ1) is 12.2. The maximum Gasteiger partial charge on any atom is 0.231 e. The van der Waals surface area contributed by atoms with Gasteiger partial charge in [-0.15, -0.1) is 16.9 Å². The molecule has 0 fully saturated rings. The van der Waals surface area contributed by atoms with Crippen LogP contribution >= 0.6 is 11.8 Å². The van der Waals surface area contributed by atoms with Crippen molar-refractivity contribution in [2.75, 3.05) is 33.5 Å². The van der Waals surface area contributed by atoms with Crippen LogP contribution in [0.2, 0.25) is 0 Å². The van der Waals surface area contributed by atoms with Gasteiger partial charge in [0.1, 0.15) is 0 Å². The van der Waals surface area contributed by atoms with E-state index in [4.69, 9.17) is 4.74 Å². The number of unbranched alkanes of at least 4 members (excludes halogenated alkanes) is 1. The zero-order valence-corrected chi connectivity index (χ0v) is 15.8. The molecule has 0 saturated carbocycles. The third-order valence-corrected chi connectivity index (χ3v) is 4.72. The van der Waals surface area contributed by atoms with E-state index in [1.165, 1.54) is 4.90 Å². The predicted molar refractivity (Wildman–Crippen MR) is 103 cm³/mol. The Hall–Kier alpha value is -2.05. The molecule has 5 nitrogen and oxygen atoms in total. The van der Waals surface area contributed by atoms with E-state index in [2.05, 4.69) is 59.6 Å². The van der Waals surface area contributed by atoms with Crippen molar-refractivity contribution in [1.82, 2.24) is 19.5 Å². The smallest absolute Gasteiger partial charge is 0.231 e. The lowest BCUT2D eigenvalue weighted by atomic mass is 10.2. The van der Waals surface area contributed by atoms with Gasteiger partial charge in [0, 0.05) is 16.5 Å². The number of benzene rings is 1. The molecule has 3 aromatic rings. The number of aromatic nitrogens is 3. The summed E-state index contributed by atoms with van der Waals surface area (Å²) < 4.78 is 7.66. The summed E-state index contributed by atoms with van der Waals surface area (Å²) in [7, 11) is 4.17. The quantitative estimate of drug-likeness (QED) is 0.453. The van der Waals surface area contributed by atoms with Crippen molar-refractivity contribution >= 4 is 17.4 Å². The van der Waals surface area contributed by atoms with Crippen LogP contribution < -0.4 is 4.74 Å². The summed E-state index contributed by atoms with van der Waals surface area (Å²) >= 11 is 1.73. The topological polar surface area (TPSA) is 42.7 Å². The molecule has 0 N–H and O–H groups in total. The second kappa shape index (κ2) is 8.36. The number of hydrogen-bond donors (Lipinski definition) is 0. The fourth-order valence-corrected chi connectivity index (χ4v) is 3.01. The Morgan fingerprint density at radius 1 is 1.08 bits per heavy atom. The van der Waals surface area contributed by atoms with Crippen LogP contribution in [0.3, 0.4) is 0 Å². The Morgan fingerprint density at radius 2 is 1.88 bits per heavy atom. The number of fused-ring (bicyclic) bond motifs is 1. The van der Waals surface area contributed by atoms with E-state index in [1.54, 1.807) is 11.8 Å². The van der Waals surface area contributed by atoms with Crippen LogP contribution in [-0.2, 0) is 0 Å². The van der Waals surface area contributed by atoms with Gasteiger partial charge in [-0.2, -0.15) is 0 Å². The molecular weight excluding hydrogens is 332 g/mol. The SMILES string of the molecule is CSc1ccc(-c2cnc3ccc(OCCCCN(C)C)nn23)cc1. The summed E-state index contributed by atoms with van der Waals surface area (Å²) in [6.07, 6.45) is 6.07. The van der Waals surface area contributed by atoms with Crippen molar-refractivity contribution in [1.29, 1.82) is 0 Å². The Balaban J connectivity index is 1.72. The third kappa shape index (κ3) is 4.52. The Morgan fingerprint density at radius 3 is 2.60 bits per heavy atom. The van der Waals surface area contributed by atoms with Crippen LogP contribution in [0.1, 0.15) is 12.8 Å². The highest BCUT2D eigenvalue weighted by molar-refractivity contribution is 7.98. The summed E-state index contributed by atoms with van der Waals surface area (Å²) in [6.45, 7) is 1.76. The molecule has 0 unspecified atom stereocenters. The lowest BCUT2D eigenvalue weighted by Crippen LogP contribution is -2.14. The molecule has 0 aliphatic heterocycles. The van der Waals surface area contributed by atoms with Gasteiger partial charge >= 0.3 is 0 Å². The minimum Gasteiger partial charge on any atom is -0.477 e. The van der Waals surface area contributed by atoms with Crippen molar-refractivity contribution in [2.24, 2.45) is 0 Å². The Labute approximate surface area is 153 Å². The van der Waals surface area contributed by atoms with Gasteiger partial charge in [0.15, 0.2) is 5.65 Å². The van der Waals surface area contributed by atoms with E-state index in [9.17, 15) is 0 Å². The molecule has 0 amide bonds. The molecule has 2 aromatic heterocycles. The maximum absolute atomic E-state index is 5.81. The summed E-state index contributed by atoms with van der Waals surface area (Å²) in [5.74, 6) is 0.636. The summed E-state index contributed by atoms with van der Waals surface area (Å²) in [5.41, 5.74) is 2.89. The third-order valence-electron chi connectivity index (χ3n) is 3.97. The highest BCUT2D eigenvalue weighted by Crippen LogP contribution is 2.24. The van der Waals surface area contributed by atoms with Crippen LogP contribution in [0.25, 0.3) is 16.9 Å². The van der Waals surface area contributed by atoms with Crippen molar-refractivity contribution in [2.45, 2.75) is 17.7 Å². The Bertz CT molecular complexity index is 814. The van der Waals surface area contributed by atoms with E-state index in [0.717, 1.165) is 36.3 Å². The van der Waals surface area contributed by atoms with Crippen LogP contribution in [0.4, 0.5) is 0 Å². The second-order valence-corrected chi connectivity index (χ2v) is 7.05. The monoisotopic (exact) mass is 356 g/mol. The molecule has 2 heterocycles. The number of hydrogen-bond acceptors (Lipinski definition) is 5. The van der Waals surface area contributed by atoms with Gasteiger partial charge < -0.3 is 9.64 Å². The van der Waals surface area contributed by atoms with Gasteiger partial charge in [-0.3, -0.25) is 0 Å². The van der Waals surface area contributed by atoms with Gasteiger partial charge in [0.2, 0.25) is 5.88 Å². The second-order valence-electron chi connectivity index (χ2n) is 6.17. The minimum absolute atomic E-state index is 0.636. The average Bonchev–Trinajstić information content (AvgIpc) is 3.04. The van der Waals surface area contributed by atoms with Crippen LogP contribution in [0.5, 0.6) is 5.88 Å². The Kier molecular flexibility index (Phi) is 5.94. The average molecular weight is 356 g/mol. The normalized spacial score (nSPS) is 11.4. The molecule has 3 rings (SSSR count). The number of nitrogens with zero attached hydrogens (tertiary/aromatic N) is 4. The molecule has 0 aliphatic rings. The van der Waals surface area contributed by atoms with Crippen LogP contribution in [0.15, 0.2) is 47.5 Å². The van der Waals surface area contributed by atoms with Crippen LogP contribution in [-0.4, -0.2) is 53.0 Å². The highest BCUT2D eigenvalue weighted by atomic mass is 32.2. The zero-order chi connectivity index (χ0) is 17.6. The summed E-state index contributed by atoms with van der Waals surface area (Å²) in [6, 6.07) is 12.3. The first-order valence-electron chi connectivity index (χ1n) is 8.44. The van der Waals surface area contributed by atoms with E-state index in [0.29, 0.717) is 12.5 Å². The van der Waals surface area contributed by atoms with Crippen molar-refractivity contribution in [3.8, 4) is 17.1 Å². The summed E-state index contributed by atoms with van der Waals surface area (Å²) in [4.78, 5) is 7.87. The molecule has 0 bridgehead atoms. The number of rotatable bonds is 8. The van der Waals surface area contributed by atoms with Gasteiger partial charge in [-0.25, -0.2) is 9.50 Å². The number of imidazole rings is 1. The fraction of sp³-hybridized carbons (Fsp3) is 0.368. The highest BCUT2D eigenvalue weighted by Gasteiger charge is 2.08. The van der Waals surface area contributed by atoms with Crippen molar-refractivity contribution < 1.29 is 4.74 Å². The van der Waals surface area contributed by atoms with E-state index < -0.39 is 0 Å². The molecule has 0 aliphatic carbocycles. The zero-order valence-electron chi connectivity index (χ0n) is 15.0. The van der Waals surface area contributed by atoms with E-state index >= 15 is 0 Å². The van der Waals surface area contributed by atoms with Crippen molar-refractivity contribution in [3.63, 3.8) is 0 Å². The molecule has 132 valence electrons. The van der Waals surface area contributed by atoms with Gasteiger partial charge in [0.05, 0.1) is 18.5 Å². The van der Waals surface area contributed by atoms with E-state index in [1.807, 2.05) is 22.8 Å². The number of ether oxygens (including phenoxy) is 1. The molecule has 25 heavy (non-hydrogen) atoms. The lowest BCUT2D eigenvalue weighted by Gasteiger charge is -2.10. The standard InChI is InChI=1S/C19H24N4OS/c1-22(2)12-4-5-13-24-19-11-10-18-20-14-17(23(18)21-19)15-6-8-16(25-3)9-7-15/h6-11,14H,4-5,12-13H2,1-3H3. The van der Waals surface area contributed by atoms with E-state index in [-0.39, 0.29) is 0 Å². The van der Waals surface area contributed by atoms with Gasteiger partial charge in [-0.1, -0.05) is 12.1 Å². The number of thioether (sulfide) groups is 1. The molecule has 0 radical (unpaired) electrons. The first kappa shape index (κ1) is 17.8. The lowest BCUT2D eigenvalue weighted by molar-refractivity contribution is 0.280. The largest absolute Gasteiger partial charge is 0.477 e. The van der Waals surface area contributed by atoms with Crippen LogP contribution in [0, 0.1) is 0 Å². The minimum atomic E-state index is 0.636. The molecule has 1 aromatic carbocycles. The maximum atomic E-state index is 5.81. The van der Waals surface area contributed by atoms with Gasteiger partial charge in [0.25, 0.3) is 0 Å². The summed E-state index contributed by atoms with van der Waals surface area (Å²) in [5, 5.41) is 4.60. The molecule has 0 spiro atoms. The molecule has 0 atom stereocenters. The fourth-order valence-electron chi connectivity index (χ4n) is 2.60. The first-order valence-corrected chi connectivity index (χ1v) is 9.66.